The minimum Gasteiger partial charge on any atom is -0.142 e. The lowest BCUT2D eigenvalue weighted by molar-refractivity contribution is 1.66. The Morgan fingerprint density at radius 3 is 1.27 bits per heavy atom. The van der Waals surface area contributed by atoms with Gasteiger partial charge in [0.2, 0.25) is 0 Å². The van der Waals surface area contributed by atoms with Gasteiger partial charge in [-0.3, -0.25) is 0 Å². The van der Waals surface area contributed by atoms with Gasteiger partial charge in [0, 0.05) is 11.1 Å². The maximum atomic E-state index is 2.23. The summed E-state index contributed by atoms with van der Waals surface area (Å²) in [5.41, 5.74) is 5.22. The summed E-state index contributed by atoms with van der Waals surface area (Å²) in [5, 5.41) is 4.37. The lowest BCUT2D eigenvalue weighted by Crippen LogP contribution is -1.79. The van der Waals surface area contributed by atoms with Crippen molar-refractivity contribution >= 4 is 22.7 Å². The molecule has 0 nitrogen and oxygen atoms in total. The van der Waals surface area contributed by atoms with Crippen LogP contribution < -0.4 is 0 Å². The van der Waals surface area contributed by atoms with E-state index in [2.05, 4.69) is 83.6 Å². The lowest BCUT2D eigenvalue weighted by Gasteiger charge is -2.06. The third-order valence-electron chi connectivity index (χ3n) is 3.71. The van der Waals surface area contributed by atoms with Crippen LogP contribution in [0.2, 0.25) is 0 Å². The van der Waals surface area contributed by atoms with Gasteiger partial charge in [0.15, 0.2) is 0 Å². The quantitative estimate of drug-likeness (QED) is 0.389. The number of benzene rings is 2. The van der Waals surface area contributed by atoms with E-state index in [1.807, 2.05) is 22.7 Å². The molecule has 0 bridgehead atoms. The fourth-order valence-corrected chi connectivity index (χ4v) is 4.69. The summed E-state index contributed by atoms with van der Waals surface area (Å²) in [6.07, 6.45) is 0. The van der Waals surface area contributed by atoms with Crippen molar-refractivity contribution in [2.24, 2.45) is 0 Å². The predicted molar refractivity (Wildman–Crippen MR) is 98.5 cm³/mol. The van der Waals surface area contributed by atoms with Gasteiger partial charge < -0.3 is 0 Å². The molecule has 22 heavy (non-hydrogen) atoms. The standard InChI is InChI=1S/C20H14S2/c1-3-7-15(8-4-1)17-11-13-21-19(17)20-18(12-14-22-20)16-9-5-2-6-10-16/h1-14H. The molecule has 4 aromatic rings. The van der Waals surface area contributed by atoms with Gasteiger partial charge in [0.1, 0.15) is 0 Å². The van der Waals surface area contributed by atoms with Crippen molar-refractivity contribution in [2.45, 2.75) is 0 Å². The van der Waals surface area contributed by atoms with Crippen LogP contribution >= 0.6 is 22.7 Å². The third kappa shape index (κ3) is 2.41. The molecule has 4 rings (SSSR count). The van der Waals surface area contributed by atoms with Crippen LogP contribution in [-0.2, 0) is 0 Å². The van der Waals surface area contributed by atoms with Gasteiger partial charge in [-0.2, -0.15) is 0 Å². The van der Waals surface area contributed by atoms with Crippen molar-refractivity contribution in [1.82, 2.24) is 0 Å². The monoisotopic (exact) mass is 318 g/mol. The first-order valence-corrected chi connectivity index (χ1v) is 8.95. The summed E-state index contributed by atoms with van der Waals surface area (Å²) in [4.78, 5) is 2.72. The Bertz CT molecular complexity index is 794. The van der Waals surface area contributed by atoms with E-state index in [0.717, 1.165) is 0 Å². The molecule has 0 N–H and O–H groups in total. The SMILES string of the molecule is c1ccc(-c2ccsc2-c2sccc2-c2ccccc2)cc1. The van der Waals surface area contributed by atoms with E-state index >= 15 is 0 Å². The van der Waals surface area contributed by atoms with Crippen LogP contribution in [0.25, 0.3) is 32.0 Å². The molecule has 0 amide bonds. The molecule has 2 aromatic carbocycles. The summed E-state index contributed by atoms with van der Waals surface area (Å²) < 4.78 is 0. The smallest absolute Gasteiger partial charge is 0.0527 e. The fourth-order valence-electron chi connectivity index (χ4n) is 2.66. The van der Waals surface area contributed by atoms with Crippen LogP contribution in [0.1, 0.15) is 0 Å². The number of hydrogen-bond acceptors (Lipinski definition) is 2. The number of hydrogen-bond donors (Lipinski definition) is 0. The van der Waals surface area contributed by atoms with Gasteiger partial charge in [-0.25, -0.2) is 0 Å². The first-order chi connectivity index (χ1) is 10.9. The Labute approximate surface area is 138 Å². The van der Waals surface area contributed by atoms with Gasteiger partial charge in [-0.1, -0.05) is 60.7 Å². The predicted octanol–water partition coefficient (Wildman–Crippen LogP) is 6.81. The molecular formula is C20H14S2. The highest BCUT2D eigenvalue weighted by atomic mass is 32.1. The van der Waals surface area contributed by atoms with E-state index in [4.69, 9.17) is 0 Å². The fraction of sp³-hybridized carbons (Fsp3) is 0. The molecule has 0 aliphatic heterocycles. The summed E-state index contributed by atoms with van der Waals surface area (Å²) in [7, 11) is 0. The van der Waals surface area contributed by atoms with Gasteiger partial charge in [0.05, 0.1) is 9.75 Å². The second-order valence-corrected chi connectivity index (χ2v) is 6.89. The minimum atomic E-state index is 1.28. The average Bonchev–Trinajstić information content (AvgIpc) is 3.25. The van der Waals surface area contributed by atoms with Crippen LogP contribution in [0, 0.1) is 0 Å². The second-order valence-electron chi connectivity index (χ2n) is 5.06. The normalized spacial score (nSPS) is 10.7. The molecule has 0 atom stereocenters. The third-order valence-corrected chi connectivity index (χ3v) is 5.70. The topological polar surface area (TPSA) is 0 Å². The van der Waals surface area contributed by atoms with Gasteiger partial charge in [0.25, 0.3) is 0 Å². The van der Waals surface area contributed by atoms with E-state index in [0.29, 0.717) is 0 Å². The van der Waals surface area contributed by atoms with E-state index < -0.39 is 0 Å². The van der Waals surface area contributed by atoms with Crippen molar-refractivity contribution in [3.05, 3.63) is 83.6 Å². The molecule has 0 unspecified atom stereocenters. The van der Waals surface area contributed by atoms with E-state index in [9.17, 15) is 0 Å². The first-order valence-electron chi connectivity index (χ1n) is 7.20. The van der Waals surface area contributed by atoms with Crippen molar-refractivity contribution < 1.29 is 0 Å². The Morgan fingerprint density at radius 2 is 0.864 bits per heavy atom. The maximum absolute atomic E-state index is 2.23. The molecule has 2 aromatic heterocycles. The molecule has 0 aliphatic carbocycles. The summed E-state index contributed by atoms with van der Waals surface area (Å²) >= 11 is 3.64. The van der Waals surface area contributed by atoms with E-state index in [1.165, 1.54) is 32.0 Å². The van der Waals surface area contributed by atoms with Crippen LogP contribution in [0.4, 0.5) is 0 Å². The van der Waals surface area contributed by atoms with Gasteiger partial charge >= 0.3 is 0 Å². The van der Waals surface area contributed by atoms with Crippen LogP contribution in [-0.4, -0.2) is 0 Å². The number of thiophene rings is 2. The summed E-state index contributed by atoms with van der Waals surface area (Å²) in [5.74, 6) is 0. The summed E-state index contributed by atoms with van der Waals surface area (Å²) in [6, 6.07) is 25.7. The zero-order valence-corrected chi connectivity index (χ0v) is 13.5. The maximum Gasteiger partial charge on any atom is 0.0527 e. The Balaban J connectivity index is 1.86. The Hall–Kier alpha value is -2.16. The van der Waals surface area contributed by atoms with Crippen LogP contribution in [0.3, 0.4) is 0 Å². The lowest BCUT2D eigenvalue weighted by atomic mass is 10.0. The first kappa shape index (κ1) is 13.5. The average molecular weight is 318 g/mol. The van der Waals surface area contributed by atoms with Gasteiger partial charge in [-0.15, -0.1) is 22.7 Å². The van der Waals surface area contributed by atoms with Crippen molar-refractivity contribution in [1.29, 1.82) is 0 Å². The molecule has 0 radical (unpaired) electrons. The number of rotatable bonds is 3. The highest BCUT2D eigenvalue weighted by Crippen LogP contribution is 2.44. The summed E-state index contributed by atoms with van der Waals surface area (Å²) in [6.45, 7) is 0. The molecule has 106 valence electrons. The molecule has 2 heterocycles. The Morgan fingerprint density at radius 1 is 0.455 bits per heavy atom. The molecule has 0 spiro atoms. The van der Waals surface area contributed by atoms with E-state index in [-0.39, 0.29) is 0 Å². The van der Waals surface area contributed by atoms with E-state index in [1.54, 1.807) is 0 Å². The molecule has 0 saturated heterocycles. The highest BCUT2D eigenvalue weighted by Gasteiger charge is 2.14. The molecular weight excluding hydrogens is 304 g/mol. The minimum absolute atomic E-state index is 1.28. The zero-order valence-electron chi connectivity index (χ0n) is 11.9. The largest absolute Gasteiger partial charge is 0.142 e. The highest BCUT2D eigenvalue weighted by molar-refractivity contribution is 7.21. The second kappa shape index (κ2) is 5.91. The van der Waals surface area contributed by atoms with Crippen LogP contribution in [0.5, 0.6) is 0 Å². The van der Waals surface area contributed by atoms with Gasteiger partial charge in [-0.05, 0) is 34.0 Å². The van der Waals surface area contributed by atoms with Crippen molar-refractivity contribution in [2.75, 3.05) is 0 Å². The zero-order chi connectivity index (χ0) is 14.8. The van der Waals surface area contributed by atoms with Crippen LogP contribution in [0.15, 0.2) is 83.6 Å². The van der Waals surface area contributed by atoms with Crippen molar-refractivity contribution in [3.63, 3.8) is 0 Å². The molecule has 2 heteroatoms. The Kier molecular flexibility index (Phi) is 3.63. The molecule has 0 aliphatic rings. The molecule has 0 fully saturated rings. The molecule has 0 saturated carbocycles. The van der Waals surface area contributed by atoms with Crippen molar-refractivity contribution in [3.8, 4) is 32.0 Å².